The average molecular weight is 801 g/mol. The van der Waals surface area contributed by atoms with Gasteiger partial charge in [-0.05, 0) is 76.1 Å². The highest BCUT2D eigenvalue weighted by atomic mass is 35.5. The number of ether oxygens (including phenoxy) is 1. The van der Waals surface area contributed by atoms with Crippen molar-refractivity contribution in [2.75, 3.05) is 19.8 Å². The molecule has 4 aromatic carbocycles. The molecule has 4 atom stereocenters. The van der Waals surface area contributed by atoms with Gasteiger partial charge in [-0.15, -0.1) is 6.58 Å². The lowest BCUT2D eigenvalue weighted by Gasteiger charge is -2.53. The summed E-state index contributed by atoms with van der Waals surface area (Å²) in [6.07, 6.45) is 3.71. The number of likely N-dealkylation sites (tertiary alicyclic amines) is 1. The number of rotatable bonds is 16. The van der Waals surface area contributed by atoms with Gasteiger partial charge < -0.3 is 14.1 Å². The SMILES string of the molecule is C=CC[C@]1(COCC[Si](C)(C)C)C[C@H](c2cccc(Cl)c2)[C@@H](c2ccc(Cl)cc2)N(C(CC)CO[Si](c2ccccc2)(c2ccccc2)C(C)(C)C)C1=O. The van der Waals surface area contributed by atoms with Crippen molar-refractivity contribution in [2.45, 2.75) is 95.7 Å². The predicted octanol–water partition coefficient (Wildman–Crippen LogP) is 11.3. The molecule has 0 saturated carbocycles. The number of amides is 1. The van der Waals surface area contributed by atoms with E-state index in [0.717, 1.165) is 17.2 Å². The van der Waals surface area contributed by atoms with Crippen molar-refractivity contribution in [2.24, 2.45) is 5.41 Å². The molecule has 0 aromatic heterocycles. The lowest BCUT2D eigenvalue weighted by molar-refractivity contribution is -0.162. The Balaban J connectivity index is 1.68. The second kappa shape index (κ2) is 17.9. The number of carbonyl (C=O) groups excluding carboxylic acids is 1. The minimum Gasteiger partial charge on any atom is -0.405 e. The number of benzene rings is 4. The fourth-order valence-corrected chi connectivity index (χ4v) is 14.0. The third kappa shape index (κ3) is 9.34. The van der Waals surface area contributed by atoms with Gasteiger partial charge in [-0.3, -0.25) is 4.79 Å². The van der Waals surface area contributed by atoms with Gasteiger partial charge in [-0.2, -0.15) is 0 Å². The van der Waals surface area contributed by atoms with Crippen LogP contribution in [0, 0.1) is 5.41 Å². The van der Waals surface area contributed by atoms with E-state index >= 15 is 4.79 Å². The van der Waals surface area contributed by atoms with E-state index in [9.17, 15) is 0 Å². The second-order valence-corrected chi connectivity index (χ2v) is 28.0. The molecular weight excluding hydrogens is 742 g/mol. The Morgan fingerprint density at radius 1 is 0.870 bits per heavy atom. The molecule has 1 heterocycles. The molecule has 0 bridgehead atoms. The topological polar surface area (TPSA) is 38.8 Å². The van der Waals surface area contributed by atoms with Gasteiger partial charge in [-0.25, -0.2) is 0 Å². The maximum atomic E-state index is 15.7. The van der Waals surface area contributed by atoms with E-state index in [1.807, 2.05) is 30.3 Å². The first-order chi connectivity index (χ1) is 25.7. The molecule has 4 nitrogen and oxygen atoms in total. The summed E-state index contributed by atoms with van der Waals surface area (Å²) < 4.78 is 14.2. The summed E-state index contributed by atoms with van der Waals surface area (Å²) in [4.78, 5) is 17.9. The molecule has 1 aliphatic heterocycles. The third-order valence-corrected chi connectivity index (χ3v) is 18.3. The Kier molecular flexibility index (Phi) is 14.0. The van der Waals surface area contributed by atoms with Crippen molar-refractivity contribution in [1.29, 1.82) is 0 Å². The van der Waals surface area contributed by atoms with E-state index in [1.54, 1.807) is 0 Å². The van der Waals surface area contributed by atoms with Gasteiger partial charge in [0, 0.05) is 30.6 Å². The molecular formula is C46H59Cl2NO3Si2. The van der Waals surface area contributed by atoms with E-state index in [4.69, 9.17) is 32.4 Å². The average Bonchev–Trinajstić information content (AvgIpc) is 3.13. The highest BCUT2D eigenvalue weighted by Crippen LogP contribution is 2.53. The Morgan fingerprint density at radius 3 is 2.00 bits per heavy atom. The van der Waals surface area contributed by atoms with Crippen LogP contribution < -0.4 is 10.4 Å². The number of nitrogens with zero attached hydrogens (tertiary/aromatic N) is 1. The van der Waals surface area contributed by atoms with Gasteiger partial charge in [0.05, 0.1) is 30.7 Å². The minimum absolute atomic E-state index is 0.0787. The van der Waals surface area contributed by atoms with Gasteiger partial charge in [0.15, 0.2) is 0 Å². The molecule has 0 N–H and O–H groups in total. The van der Waals surface area contributed by atoms with Crippen LogP contribution in [0.2, 0.25) is 40.8 Å². The van der Waals surface area contributed by atoms with Crippen molar-refractivity contribution in [3.8, 4) is 0 Å². The number of halogens is 2. The van der Waals surface area contributed by atoms with Crippen LogP contribution in [0.5, 0.6) is 0 Å². The number of allylic oxidation sites excluding steroid dienone is 1. The van der Waals surface area contributed by atoms with Crippen LogP contribution in [0.4, 0.5) is 0 Å². The van der Waals surface area contributed by atoms with E-state index < -0.39 is 21.8 Å². The van der Waals surface area contributed by atoms with Gasteiger partial charge in [-0.1, -0.05) is 162 Å². The normalized spacial score (nSPS) is 20.2. The fraction of sp³-hybridized carbons (Fsp3) is 0.413. The van der Waals surface area contributed by atoms with Crippen molar-refractivity contribution in [3.05, 3.63) is 143 Å². The monoisotopic (exact) mass is 799 g/mol. The second-order valence-electron chi connectivity index (χ2n) is 17.2. The molecule has 0 aliphatic carbocycles. The Bertz CT molecular complexity index is 1790. The van der Waals surface area contributed by atoms with E-state index in [0.29, 0.717) is 49.1 Å². The zero-order valence-corrected chi connectivity index (χ0v) is 36.8. The zero-order valence-electron chi connectivity index (χ0n) is 33.3. The lowest BCUT2D eigenvalue weighted by atomic mass is 9.66. The van der Waals surface area contributed by atoms with Gasteiger partial charge in [0.2, 0.25) is 5.91 Å². The molecule has 0 spiro atoms. The van der Waals surface area contributed by atoms with E-state index in [1.165, 1.54) is 10.4 Å². The van der Waals surface area contributed by atoms with Crippen LogP contribution in [-0.4, -0.2) is 53.1 Å². The molecule has 8 heteroatoms. The fourth-order valence-electron chi connectivity index (χ4n) is 8.35. The largest absolute Gasteiger partial charge is 0.405 e. The Labute approximate surface area is 337 Å². The molecule has 0 radical (unpaired) electrons. The number of carbonyl (C=O) groups is 1. The van der Waals surface area contributed by atoms with E-state index in [-0.39, 0.29) is 28.9 Å². The molecule has 1 saturated heterocycles. The molecule has 1 aliphatic rings. The van der Waals surface area contributed by atoms with Crippen molar-refractivity contribution < 1.29 is 14.0 Å². The lowest BCUT2D eigenvalue weighted by Crippen LogP contribution is -2.68. The summed E-state index contributed by atoms with van der Waals surface area (Å²) >= 11 is 13.2. The third-order valence-electron chi connectivity index (χ3n) is 11.2. The zero-order chi connectivity index (χ0) is 39.1. The van der Waals surface area contributed by atoms with Crippen LogP contribution in [0.3, 0.4) is 0 Å². The van der Waals surface area contributed by atoms with Crippen LogP contribution in [0.1, 0.15) is 70.0 Å². The summed E-state index contributed by atoms with van der Waals surface area (Å²) in [7, 11) is -4.27. The highest BCUT2D eigenvalue weighted by molar-refractivity contribution is 6.99. The van der Waals surface area contributed by atoms with Gasteiger partial charge in [0.1, 0.15) is 0 Å². The minimum atomic E-state index is -2.92. The summed E-state index contributed by atoms with van der Waals surface area (Å²) in [6, 6.07) is 38.1. The molecule has 4 aromatic rings. The van der Waals surface area contributed by atoms with Gasteiger partial charge in [0.25, 0.3) is 8.32 Å². The molecule has 288 valence electrons. The number of hydrogen-bond donors (Lipinski definition) is 0. The molecule has 1 unspecified atom stereocenters. The first-order valence-corrected chi connectivity index (χ1v) is 25.8. The number of hydrogen-bond acceptors (Lipinski definition) is 3. The summed E-state index contributed by atoms with van der Waals surface area (Å²) in [5.74, 6) is 0.0107. The van der Waals surface area contributed by atoms with Crippen molar-refractivity contribution in [3.63, 3.8) is 0 Å². The Hall–Kier alpha value is -2.98. The van der Waals surface area contributed by atoms with Gasteiger partial charge >= 0.3 is 0 Å². The molecule has 5 rings (SSSR count). The molecule has 54 heavy (non-hydrogen) atoms. The summed E-state index contributed by atoms with van der Waals surface area (Å²) in [6.45, 7) is 21.6. The van der Waals surface area contributed by atoms with Crippen molar-refractivity contribution in [1.82, 2.24) is 4.90 Å². The smallest absolute Gasteiger partial charge is 0.261 e. The van der Waals surface area contributed by atoms with Crippen LogP contribution in [0.15, 0.2) is 122 Å². The molecule has 1 amide bonds. The maximum absolute atomic E-state index is 15.7. The van der Waals surface area contributed by atoms with Crippen molar-refractivity contribution >= 4 is 55.9 Å². The highest BCUT2D eigenvalue weighted by Gasteiger charge is 2.55. The standard InChI is InChI=1S/C46H59Cl2NO3Si2/c1-9-28-46(34-51-29-30-53(6,7)8)32-42(36-18-17-19-38(48)31-36)43(35-24-26-37(47)27-25-35)49(44(46)50)39(10-2)33-52-54(45(3,4)5,40-20-13-11-14-21-40)41-22-15-12-16-23-41/h9,11-27,31,39,42-43H,1,10,28-30,32-34H2,2-8H3/t39?,42-,43-,46-/m1/s1. The number of piperidine rings is 1. The first kappa shape index (κ1) is 42.2. The van der Waals surface area contributed by atoms with Crippen LogP contribution in [0.25, 0.3) is 0 Å². The predicted molar refractivity (Wildman–Crippen MR) is 234 cm³/mol. The summed E-state index contributed by atoms with van der Waals surface area (Å²) in [5, 5.41) is 3.55. The maximum Gasteiger partial charge on any atom is 0.261 e. The molecule has 1 fully saturated rings. The Morgan fingerprint density at radius 2 is 1.48 bits per heavy atom. The summed E-state index contributed by atoms with van der Waals surface area (Å²) in [5.41, 5.74) is 1.31. The van der Waals surface area contributed by atoms with E-state index in [2.05, 4.69) is 144 Å². The first-order valence-electron chi connectivity index (χ1n) is 19.4. The quantitative estimate of drug-likeness (QED) is 0.0644. The van der Waals surface area contributed by atoms with Crippen LogP contribution in [-0.2, 0) is 14.0 Å². The van der Waals surface area contributed by atoms with Crippen LogP contribution >= 0.6 is 23.2 Å².